The summed E-state index contributed by atoms with van der Waals surface area (Å²) in [6.07, 6.45) is 1.46. The molecule has 9 heteroatoms. The predicted octanol–water partition coefficient (Wildman–Crippen LogP) is 5.05. The smallest absolute Gasteiger partial charge is 0.294 e. The van der Waals surface area contributed by atoms with Crippen molar-refractivity contribution in [2.24, 2.45) is 5.41 Å². The van der Waals surface area contributed by atoms with Gasteiger partial charge in [0.05, 0.1) is 4.90 Å². The van der Waals surface area contributed by atoms with Gasteiger partial charge >= 0.3 is 5.51 Å². The number of ketones is 1. The van der Waals surface area contributed by atoms with Crippen molar-refractivity contribution in [2.75, 3.05) is 0 Å². The van der Waals surface area contributed by atoms with Gasteiger partial charge in [0.25, 0.3) is 15.8 Å². The Kier molecular flexibility index (Phi) is 4.57. The summed E-state index contributed by atoms with van der Waals surface area (Å²) in [4.78, 5) is 11.3. The summed E-state index contributed by atoms with van der Waals surface area (Å²) in [5.74, 6) is -5.43. The molecule has 154 valence electrons. The van der Waals surface area contributed by atoms with Crippen molar-refractivity contribution in [1.82, 2.24) is 0 Å². The van der Waals surface area contributed by atoms with E-state index in [2.05, 4.69) is 0 Å². The van der Waals surface area contributed by atoms with Gasteiger partial charge in [-0.2, -0.15) is 13.2 Å². The van der Waals surface area contributed by atoms with Crippen LogP contribution in [0.15, 0.2) is 23.1 Å². The minimum Gasteiger partial charge on any atom is -0.294 e. The first-order valence-electron chi connectivity index (χ1n) is 8.70. The highest BCUT2D eigenvalue weighted by atomic mass is 32.2. The number of hydrogen-bond acceptors (Lipinski definition) is 3. The standard InChI is InChI=1S/C19H19F5O3S/c1-10-16-13(9-18(10,20)21)11(12-8-17(2,3)7-6-14(12)25)4-5-15(16)28(26,27)19(22,23)24/h4-5,8,10H,6-7,9H2,1-3H3/t10-/m0/s1. The third-order valence-electron chi connectivity index (χ3n) is 5.51. The van der Waals surface area contributed by atoms with Crippen LogP contribution in [0, 0.1) is 5.41 Å². The van der Waals surface area contributed by atoms with E-state index >= 15 is 0 Å². The zero-order chi connectivity index (χ0) is 21.3. The largest absolute Gasteiger partial charge is 0.501 e. The monoisotopic (exact) mass is 422 g/mol. The third-order valence-corrected chi connectivity index (χ3v) is 7.06. The Morgan fingerprint density at radius 3 is 2.32 bits per heavy atom. The number of benzene rings is 1. The van der Waals surface area contributed by atoms with Crippen molar-refractivity contribution in [3.8, 4) is 0 Å². The molecule has 0 saturated carbocycles. The summed E-state index contributed by atoms with van der Waals surface area (Å²) in [7, 11) is -5.81. The maximum absolute atomic E-state index is 14.4. The molecule has 0 radical (unpaired) electrons. The van der Waals surface area contributed by atoms with Crippen LogP contribution >= 0.6 is 0 Å². The number of sulfone groups is 1. The maximum Gasteiger partial charge on any atom is 0.501 e. The predicted molar refractivity (Wildman–Crippen MR) is 92.7 cm³/mol. The second kappa shape index (κ2) is 6.11. The highest BCUT2D eigenvalue weighted by Crippen LogP contribution is 2.51. The van der Waals surface area contributed by atoms with Crippen LogP contribution < -0.4 is 0 Å². The lowest BCUT2D eigenvalue weighted by Gasteiger charge is -2.27. The molecule has 0 fully saturated rings. The van der Waals surface area contributed by atoms with Gasteiger partial charge in [-0.05, 0) is 34.6 Å². The van der Waals surface area contributed by atoms with E-state index in [1.54, 1.807) is 6.08 Å². The number of hydrogen-bond donors (Lipinski definition) is 0. The second-order valence-corrected chi connectivity index (χ2v) is 9.99. The van der Waals surface area contributed by atoms with Gasteiger partial charge in [0.2, 0.25) is 0 Å². The number of fused-ring (bicyclic) bond motifs is 1. The second-order valence-electron chi connectivity index (χ2n) is 8.08. The Balaban J connectivity index is 2.32. The Morgan fingerprint density at radius 2 is 1.75 bits per heavy atom. The normalized spacial score (nSPS) is 24.1. The Labute approximate surface area is 159 Å². The minimum absolute atomic E-state index is 0.0953. The molecule has 0 N–H and O–H groups in total. The lowest BCUT2D eigenvalue weighted by Crippen LogP contribution is -2.26. The summed E-state index contributed by atoms with van der Waals surface area (Å²) in [5.41, 5.74) is -6.48. The van der Waals surface area contributed by atoms with Crippen LogP contribution in [-0.2, 0) is 21.1 Å². The van der Waals surface area contributed by atoms with Crippen LogP contribution in [0.3, 0.4) is 0 Å². The summed E-state index contributed by atoms with van der Waals surface area (Å²) >= 11 is 0. The molecule has 0 unspecified atom stereocenters. The summed E-state index contributed by atoms with van der Waals surface area (Å²) in [5, 5.41) is 0. The van der Waals surface area contributed by atoms with E-state index in [0.717, 1.165) is 13.0 Å². The Morgan fingerprint density at radius 1 is 1.14 bits per heavy atom. The van der Waals surface area contributed by atoms with Crippen LogP contribution in [0.2, 0.25) is 0 Å². The highest BCUT2D eigenvalue weighted by molar-refractivity contribution is 7.92. The number of carbonyl (C=O) groups is 1. The van der Waals surface area contributed by atoms with E-state index in [-0.39, 0.29) is 34.3 Å². The van der Waals surface area contributed by atoms with Crippen LogP contribution in [-0.4, -0.2) is 25.6 Å². The molecule has 0 aromatic heterocycles. The van der Waals surface area contributed by atoms with E-state index in [1.165, 1.54) is 0 Å². The van der Waals surface area contributed by atoms with Crippen molar-refractivity contribution in [1.29, 1.82) is 0 Å². The molecule has 28 heavy (non-hydrogen) atoms. The van der Waals surface area contributed by atoms with Crippen LogP contribution in [0.25, 0.3) is 5.57 Å². The topological polar surface area (TPSA) is 51.2 Å². The Hall–Kier alpha value is -1.77. The van der Waals surface area contributed by atoms with Crippen molar-refractivity contribution >= 4 is 21.2 Å². The first-order valence-corrected chi connectivity index (χ1v) is 10.2. The number of Topliss-reactive ketones (excluding diaryl/α,β-unsaturated/α-hetero) is 1. The molecule has 1 aromatic carbocycles. The number of rotatable bonds is 2. The van der Waals surface area contributed by atoms with Gasteiger partial charge in [0.15, 0.2) is 5.78 Å². The third kappa shape index (κ3) is 3.17. The summed E-state index contributed by atoms with van der Waals surface area (Å²) in [6.45, 7) is 4.73. The molecule has 3 nitrogen and oxygen atoms in total. The molecule has 0 aliphatic heterocycles. The summed E-state index contributed by atoms with van der Waals surface area (Å²) in [6, 6.07) is 1.75. The quantitative estimate of drug-likeness (QED) is 0.627. The molecule has 2 aliphatic rings. The lowest BCUT2D eigenvalue weighted by molar-refractivity contribution is -0.114. The van der Waals surface area contributed by atoms with Crippen LogP contribution in [0.4, 0.5) is 22.0 Å². The van der Waals surface area contributed by atoms with E-state index in [0.29, 0.717) is 12.5 Å². The number of carbonyl (C=O) groups excluding carboxylic acids is 1. The van der Waals surface area contributed by atoms with E-state index in [4.69, 9.17) is 0 Å². The number of halogens is 5. The van der Waals surface area contributed by atoms with Crippen LogP contribution in [0.5, 0.6) is 0 Å². The number of alkyl halides is 5. The van der Waals surface area contributed by atoms with Gasteiger partial charge in [0, 0.05) is 24.3 Å². The zero-order valence-electron chi connectivity index (χ0n) is 15.5. The van der Waals surface area contributed by atoms with Gasteiger partial charge in [-0.25, -0.2) is 17.2 Å². The molecule has 1 atom stereocenters. The van der Waals surface area contributed by atoms with Gasteiger partial charge < -0.3 is 0 Å². The summed E-state index contributed by atoms with van der Waals surface area (Å²) < 4.78 is 92.0. The van der Waals surface area contributed by atoms with E-state index in [9.17, 15) is 35.2 Å². The average molecular weight is 422 g/mol. The molecular formula is C19H19F5O3S. The van der Waals surface area contributed by atoms with Gasteiger partial charge in [-0.15, -0.1) is 0 Å². The molecule has 0 bridgehead atoms. The van der Waals surface area contributed by atoms with Crippen molar-refractivity contribution < 1.29 is 35.2 Å². The van der Waals surface area contributed by atoms with Crippen LogP contribution in [0.1, 0.15) is 56.2 Å². The minimum atomic E-state index is -5.81. The molecule has 0 spiro atoms. The van der Waals surface area contributed by atoms with E-state index in [1.807, 2.05) is 13.8 Å². The number of allylic oxidation sites excluding steroid dienone is 2. The lowest BCUT2D eigenvalue weighted by atomic mass is 9.76. The fourth-order valence-electron chi connectivity index (χ4n) is 3.86. The SMILES string of the molecule is C[C@H]1c2c(S(=O)(=O)C(F)(F)F)ccc(C3=CC(C)(C)CCC3=O)c2CC1(F)F. The highest BCUT2D eigenvalue weighted by Gasteiger charge is 2.54. The van der Waals surface area contributed by atoms with Crippen molar-refractivity contribution in [3.63, 3.8) is 0 Å². The zero-order valence-corrected chi connectivity index (χ0v) is 16.3. The molecule has 0 amide bonds. The molecule has 1 aromatic rings. The van der Waals surface area contributed by atoms with Crippen molar-refractivity contribution in [3.05, 3.63) is 34.9 Å². The van der Waals surface area contributed by atoms with Gasteiger partial charge in [0.1, 0.15) is 0 Å². The maximum atomic E-state index is 14.4. The first kappa shape index (κ1) is 21.0. The van der Waals surface area contributed by atoms with Gasteiger partial charge in [-0.3, -0.25) is 4.79 Å². The first-order chi connectivity index (χ1) is 12.6. The molecule has 0 saturated heterocycles. The molecular weight excluding hydrogens is 403 g/mol. The molecule has 0 heterocycles. The average Bonchev–Trinajstić information content (AvgIpc) is 2.78. The van der Waals surface area contributed by atoms with E-state index < -0.39 is 44.1 Å². The molecule has 3 rings (SSSR count). The fraction of sp³-hybridized carbons (Fsp3) is 0.526. The fourth-order valence-corrected chi connectivity index (χ4v) is 4.95. The Bertz CT molecular complexity index is 988. The molecule has 2 aliphatic carbocycles. The van der Waals surface area contributed by atoms with Gasteiger partial charge in [-0.1, -0.05) is 32.9 Å². The van der Waals surface area contributed by atoms with Crippen molar-refractivity contribution in [2.45, 2.75) is 62.3 Å².